The zero-order chi connectivity index (χ0) is 49.4. The first-order valence-corrected chi connectivity index (χ1v) is 29.0. The standard InChI is InChI=1S/C36H28N2O20S8/c37-21-1-13-29(33(17-21)61(43,44)27-11-15-31(35(19-27)65(53,54)55)59(39,40)23-3-7-25(8-4-23)63(47,48)49)30-14-2-22(38)18-34(30)62(45,46)28-12-16-32(36(20-28)66(56,57)58)60(41,42)24-5-9-26(10-6-24)64(50,51)52/h1-20H,37-38H2,(H,47,48,49)(H,50,51,52)(H,53,54,55)(H,56,57,58). The van der Waals surface area contributed by atoms with E-state index in [0.29, 0.717) is 72.8 Å². The van der Waals surface area contributed by atoms with Crippen molar-refractivity contribution in [3.05, 3.63) is 121 Å². The van der Waals surface area contributed by atoms with E-state index in [9.17, 15) is 85.6 Å². The van der Waals surface area contributed by atoms with Crippen molar-refractivity contribution < 1.29 is 85.6 Å². The minimum atomic E-state index is -5.63. The first-order chi connectivity index (χ1) is 30.1. The molecule has 350 valence electrons. The second-order valence-corrected chi connectivity index (χ2v) is 26.9. The molecule has 0 aliphatic carbocycles. The van der Waals surface area contributed by atoms with Gasteiger partial charge in [0, 0.05) is 22.5 Å². The Labute approximate surface area is 376 Å². The van der Waals surface area contributed by atoms with Crippen molar-refractivity contribution in [1.82, 2.24) is 0 Å². The maximum atomic E-state index is 14.5. The van der Waals surface area contributed by atoms with Crippen molar-refractivity contribution in [2.24, 2.45) is 0 Å². The fourth-order valence-corrected chi connectivity index (χ4v) is 15.5. The molecule has 30 heteroatoms. The minimum Gasteiger partial charge on any atom is -0.399 e. The Hall–Kier alpha value is -5.64. The van der Waals surface area contributed by atoms with E-state index in [1.54, 1.807) is 0 Å². The lowest BCUT2D eigenvalue weighted by Gasteiger charge is -2.17. The molecule has 0 fully saturated rings. The maximum absolute atomic E-state index is 14.5. The lowest BCUT2D eigenvalue weighted by atomic mass is 10.0. The van der Waals surface area contributed by atoms with E-state index in [1.165, 1.54) is 0 Å². The van der Waals surface area contributed by atoms with Crippen LogP contribution in [0.25, 0.3) is 11.1 Å². The third-order valence-corrected chi connectivity index (χ3v) is 20.3. The molecule has 0 aliphatic rings. The normalized spacial score (nSPS) is 13.3. The Kier molecular flexibility index (Phi) is 12.5. The Balaban J connectivity index is 1.52. The number of rotatable bonds is 13. The summed E-state index contributed by atoms with van der Waals surface area (Å²) in [6, 6.07) is 13.8. The molecule has 6 aromatic carbocycles. The fourth-order valence-electron chi connectivity index (χ4n) is 6.22. The highest BCUT2D eigenvalue weighted by molar-refractivity contribution is 7.94. The van der Waals surface area contributed by atoms with E-state index in [0.717, 1.165) is 36.4 Å². The molecule has 0 heterocycles. The summed E-state index contributed by atoms with van der Waals surface area (Å²) in [5, 5.41) is 0. The highest BCUT2D eigenvalue weighted by Crippen LogP contribution is 2.41. The van der Waals surface area contributed by atoms with Crippen LogP contribution in [-0.4, -0.2) is 85.6 Å². The van der Waals surface area contributed by atoms with Gasteiger partial charge in [0.15, 0.2) is 0 Å². The van der Waals surface area contributed by atoms with Gasteiger partial charge in [-0.3, -0.25) is 18.2 Å². The summed E-state index contributed by atoms with van der Waals surface area (Å²) in [4.78, 5) is -12.2. The minimum absolute atomic E-state index is 0.257. The van der Waals surface area contributed by atoms with Gasteiger partial charge in [0.2, 0.25) is 39.3 Å². The van der Waals surface area contributed by atoms with Gasteiger partial charge in [-0.25, -0.2) is 33.7 Å². The molecule has 0 saturated heterocycles. The average molecular weight is 1070 g/mol. The first kappa shape index (κ1) is 49.8. The summed E-state index contributed by atoms with van der Waals surface area (Å²) >= 11 is 0. The van der Waals surface area contributed by atoms with Gasteiger partial charge in [-0.15, -0.1) is 0 Å². The van der Waals surface area contributed by atoms with Crippen LogP contribution in [0.1, 0.15) is 0 Å². The summed E-state index contributed by atoms with van der Waals surface area (Å²) in [6.07, 6.45) is 0. The predicted octanol–water partition coefficient (Wildman–Crippen LogP) is 2.84. The number of benzene rings is 6. The highest BCUT2D eigenvalue weighted by atomic mass is 32.2. The molecule has 0 aromatic heterocycles. The average Bonchev–Trinajstić information content (AvgIpc) is 3.22. The van der Waals surface area contributed by atoms with E-state index < -0.39 is 150 Å². The summed E-state index contributed by atoms with van der Waals surface area (Å²) < 4.78 is 247. The molecule has 0 atom stereocenters. The van der Waals surface area contributed by atoms with Gasteiger partial charge in [0.05, 0.1) is 49.0 Å². The van der Waals surface area contributed by atoms with Gasteiger partial charge >= 0.3 is 0 Å². The lowest BCUT2D eigenvalue weighted by molar-refractivity contribution is 0.477. The fraction of sp³-hybridized carbons (Fsp3) is 0. The largest absolute Gasteiger partial charge is 0.399 e. The van der Waals surface area contributed by atoms with E-state index in [-0.39, 0.29) is 23.5 Å². The molecular formula is C36H28N2O20S8. The van der Waals surface area contributed by atoms with Gasteiger partial charge in [0.25, 0.3) is 40.5 Å². The van der Waals surface area contributed by atoms with Crippen molar-refractivity contribution in [2.75, 3.05) is 11.5 Å². The molecule has 0 amide bonds. The van der Waals surface area contributed by atoms with Crippen LogP contribution in [0.3, 0.4) is 0 Å². The van der Waals surface area contributed by atoms with Crippen LogP contribution in [0.4, 0.5) is 11.4 Å². The van der Waals surface area contributed by atoms with Crippen molar-refractivity contribution in [3.63, 3.8) is 0 Å². The van der Waals surface area contributed by atoms with Crippen molar-refractivity contribution in [1.29, 1.82) is 0 Å². The molecule has 6 aromatic rings. The molecule has 0 saturated carbocycles. The number of sulfone groups is 4. The molecule has 0 radical (unpaired) electrons. The summed E-state index contributed by atoms with van der Waals surface area (Å²) in [5.41, 5.74) is 10.3. The lowest BCUT2D eigenvalue weighted by Crippen LogP contribution is -2.13. The predicted molar refractivity (Wildman–Crippen MR) is 228 cm³/mol. The van der Waals surface area contributed by atoms with Gasteiger partial charge in [-0.2, -0.15) is 33.7 Å². The Morgan fingerprint density at radius 1 is 0.258 bits per heavy atom. The Bertz CT molecular complexity index is 3710. The quantitative estimate of drug-likeness (QED) is 0.0715. The molecule has 8 N–H and O–H groups in total. The van der Waals surface area contributed by atoms with E-state index >= 15 is 0 Å². The number of hydrogen-bond donors (Lipinski definition) is 6. The summed E-state index contributed by atoms with van der Waals surface area (Å²) in [5.74, 6) is 0. The van der Waals surface area contributed by atoms with Crippen molar-refractivity contribution in [3.8, 4) is 11.1 Å². The van der Waals surface area contributed by atoms with E-state index in [2.05, 4.69) is 0 Å². The molecule has 22 nitrogen and oxygen atoms in total. The highest BCUT2D eigenvalue weighted by Gasteiger charge is 2.35. The van der Waals surface area contributed by atoms with Crippen LogP contribution < -0.4 is 11.5 Å². The van der Waals surface area contributed by atoms with Crippen molar-refractivity contribution in [2.45, 2.75) is 58.7 Å². The zero-order valence-electron chi connectivity index (χ0n) is 32.3. The van der Waals surface area contributed by atoms with Crippen LogP contribution in [-0.2, 0) is 79.8 Å². The Morgan fingerprint density at radius 3 is 0.788 bits per heavy atom. The van der Waals surface area contributed by atoms with E-state index in [4.69, 9.17) is 11.5 Å². The Morgan fingerprint density at radius 2 is 0.515 bits per heavy atom. The third-order valence-electron chi connectivity index (χ3n) is 9.33. The van der Waals surface area contributed by atoms with Crippen molar-refractivity contribution >= 4 is 91.2 Å². The number of anilines is 2. The molecule has 6 rings (SSSR count). The van der Waals surface area contributed by atoms with E-state index in [1.807, 2.05) is 0 Å². The third kappa shape index (κ3) is 9.47. The van der Waals surface area contributed by atoms with Gasteiger partial charge < -0.3 is 11.5 Å². The molecule has 0 spiro atoms. The van der Waals surface area contributed by atoms with Gasteiger partial charge in [-0.1, -0.05) is 12.1 Å². The maximum Gasteiger partial charge on any atom is 0.295 e. The first-order valence-electron chi connectivity index (χ1n) is 17.3. The summed E-state index contributed by atoms with van der Waals surface area (Å²) in [6.45, 7) is 0. The van der Waals surface area contributed by atoms with Crippen LogP contribution in [0.15, 0.2) is 180 Å². The topological polar surface area (TPSA) is 406 Å². The number of nitrogens with two attached hydrogens (primary N) is 2. The van der Waals surface area contributed by atoms with Crippen LogP contribution in [0, 0.1) is 0 Å². The monoisotopic (exact) mass is 1060 g/mol. The van der Waals surface area contributed by atoms with Crippen LogP contribution in [0.5, 0.6) is 0 Å². The second kappa shape index (κ2) is 16.6. The SMILES string of the molecule is Nc1ccc(-c2ccc(N)cc2S(=O)(=O)c2ccc(S(=O)(=O)c3ccc(S(=O)(=O)O)cc3)c(S(=O)(=O)O)c2)c(S(=O)(=O)c2ccc(S(=O)(=O)c3ccc(S(=O)(=O)O)cc3)c(S(=O)(=O)O)c2)c1. The molecule has 66 heavy (non-hydrogen) atoms. The second-order valence-electron chi connectivity index (χ2n) is 13.6. The van der Waals surface area contributed by atoms with Crippen LogP contribution >= 0.6 is 0 Å². The molecule has 0 aliphatic heterocycles. The summed E-state index contributed by atoms with van der Waals surface area (Å²) in [7, 11) is -41.3. The zero-order valence-corrected chi connectivity index (χ0v) is 38.8. The molecule has 0 bridgehead atoms. The number of nitrogen functional groups attached to an aromatic ring is 2. The molecular weight excluding hydrogens is 1040 g/mol. The molecule has 0 unspecified atom stereocenters. The van der Waals surface area contributed by atoms with Gasteiger partial charge in [0.1, 0.15) is 9.79 Å². The van der Waals surface area contributed by atoms with Gasteiger partial charge in [-0.05, 0) is 109 Å². The number of hydrogen-bond acceptors (Lipinski definition) is 18. The van der Waals surface area contributed by atoms with Crippen LogP contribution in [0.2, 0.25) is 0 Å². The smallest absolute Gasteiger partial charge is 0.295 e.